The molecule has 5 heterocycles. The molecule has 14 rings (SSSR count). The molecule has 0 fully saturated rings. The fraction of sp³-hybridized carbons (Fsp3) is 0.246. The first-order valence-electron chi connectivity index (χ1n) is 25.5. The number of benzene rings is 8. The lowest BCUT2D eigenvalue weighted by atomic mass is 9.43. The van der Waals surface area contributed by atoms with E-state index in [-0.39, 0.29) is 28.5 Å². The van der Waals surface area contributed by atoms with Crippen LogP contribution in [0.5, 0.6) is 0 Å². The second kappa shape index (κ2) is 13.8. The predicted molar refractivity (Wildman–Crippen MR) is 300 cm³/mol. The molecule has 3 aromatic heterocycles. The molecule has 1 aliphatic carbocycles. The number of hydrogen-bond acceptors (Lipinski definition) is 3. The van der Waals surface area contributed by atoms with Gasteiger partial charge in [0.15, 0.2) is 0 Å². The third-order valence-electron chi connectivity index (χ3n) is 16.7. The van der Waals surface area contributed by atoms with Gasteiger partial charge in [-0.2, -0.15) is 0 Å². The van der Waals surface area contributed by atoms with Gasteiger partial charge < -0.3 is 18.4 Å². The van der Waals surface area contributed by atoms with E-state index in [0.29, 0.717) is 0 Å². The molecular weight excluding hydrogens is 864 g/mol. The first-order valence-corrected chi connectivity index (χ1v) is 25.5. The van der Waals surface area contributed by atoms with Crippen LogP contribution in [-0.4, -0.2) is 21.0 Å². The Labute approximate surface area is 416 Å². The largest absolute Gasteiger partial charge is 0.456 e. The van der Waals surface area contributed by atoms with Gasteiger partial charge in [-0.25, -0.2) is 4.98 Å². The van der Waals surface area contributed by atoms with Crippen molar-refractivity contribution < 1.29 is 4.42 Å². The van der Waals surface area contributed by atoms with E-state index < -0.39 is 0 Å². The molecule has 0 spiro atoms. The minimum absolute atomic E-state index is 0.00444. The Kier molecular flexibility index (Phi) is 8.25. The normalized spacial score (nSPS) is 14.8. The molecule has 71 heavy (non-hydrogen) atoms. The van der Waals surface area contributed by atoms with Crippen molar-refractivity contribution in [2.45, 2.75) is 97.8 Å². The minimum Gasteiger partial charge on any atom is -0.456 e. The van der Waals surface area contributed by atoms with Gasteiger partial charge in [0.1, 0.15) is 17.0 Å². The predicted octanol–water partition coefficient (Wildman–Crippen LogP) is 15.7. The topological polar surface area (TPSA) is 39.1 Å². The molecule has 0 atom stereocenters. The third-order valence-corrected chi connectivity index (χ3v) is 16.7. The van der Waals surface area contributed by atoms with Crippen LogP contribution in [0.1, 0.15) is 104 Å². The zero-order valence-corrected chi connectivity index (χ0v) is 43.1. The molecule has 0 amide bonds. The van der Waals surface area contributed by atoms with Crippen molar-refractivity contribution in [1.29, 1.82) is 0 Å². The van der Waals surface area contributed by atoms with E-state index in [1.807, 2.05) is 0 Å². The molecule has 2 aliphatic heterocycles. The second-order valence-electron chi connectivity index (χ2n) is 24.5. The zero-order chi connectivity index (χ0) is 49.0. The zero-order valence-electron chi connectivity index (χ0n) is 43.1. The van der Waals surface area contributed by atoms with Gasteiger partial charge in [-0.1, -0.05) is 155 Å². The average Bonchev–Trinajstić information content (AvgIpc) is 4.04. The van der Waals surface area contributed by atoms with Crippen LogP contribution in [0, 0.1) is 0 Å². The van der Waals surface area contributed by atoms with E-state index in [1.165, 1.54) is 88.5 Å². The summed E-state index contributed by atoms with van der Waals surface area (Å²) < 4.78 is 11.9. The maximum absolute atomic E-state index is 6.98. The highest BCUT2D eigenvalue weighted by Crippen LogP contribution is 2.59. The van der Waals surface area contributed by atoms with Crippen molar-refractivity contribution in [2.24, 2.45) is 7.05 Å². The van der Waals surface area contributed by atoms with Crippen molar-refractivity contribution in [2.75, 3.05) is 4.81 Å². The van der Waals surface area contributed by atoms with Gasteiger partial charge in [0, 0.05) is 68.3 Å². The first kappa shape index (κ1) is 42.6. The molecule has 5 nitrogen and oxygen atoms in total. The van der Waals surface area contributed by atoms with Crippen LogP contribution in [0.4, 0.5) is 11.4 Å². The Balaban J connectivity index is 1.21. The summed E-state index contributed by atoms with van der Waals surface area (Å²) in [6.07, 6.45) is 0. The van der Waals surface area contributed by atoms with E-state index in [1.54, 1.807) is 0 Å². The highest BCUT2D eigenvalue weighted by Gasteiger charge is 2.50. The molecule has 8 aromatic carbocycles. The summed E-state index contributed by atoms with van der Waals surface area (Å²) in [4.78, 5) is 8.15. The summed E-state index contributed by atoms with van der Waals surface area (Å²) in [5.41, 5.74) is 25.2. The van der Waals surface area contributed by atoms with E-state index in [4.69, 9.17) is 9.40 Å². The summed E-state index contributed by atoms with van der Waals surface area (Å²) >= 11 is 0. The molecule has 0 N–H and O–H groups in total. The highest BCUT2D eigenvalue weighted by atomic mass is 16.3. The number of nitrogens with zero attached hydrogens (tertiary/aromatic N) is 4. The van der Waals surface area contributed by atoms with E-state index in [2.05, 4.69) is 237 Å². The molecule has 0 saturated heterocycles. The maximum atomic E-state index is 6.98. The number of aromatic nitrogens is 3. The molecule has 11 aromatic rings. The Morgan fingerprint density at radius 2 is 1.21 bits per heavy atom. The molecule has 0 unspecified atom stereocenters. The second-order valence-corrected chi connectivity index (χ2v) is 24.5. The number of furan rings is 1. The van der Waals surface area contributed by atoms with Crippen molar-refractivity contribution in [1.82, 2.24) is 14.1 Å². The summed E-state index contributed by atoms with van der Waals surface area (Å²) in [5, 5.41) is 4.98. The Morgan fingerprint density at radius 1 is 0.563 bits per heavy atom. The Morgan fingerprint density at radius 3 is 1.93 bits per heavy atom. The lowest BCUT2D eigenvalue weighted by Gasteiger charge is -2.43. The number of aryl methyl sites for hydroxylation is 1. The van der Waals surface area contributed by atoms with E-state index >= 15 is 0 Å². The van der Waals surface area contributed by atoms with Crippen molar-refractivity contribution in [3.63, 3.8) is 0 Å². The fourth-order valence-electron chi connectivity index (χ4n) is 13.0. The molecule has 0 saturated carbocycles. The van der Waals surface area contributed by atoms with E-state index in [0.717, 1.165) is 55.7 Å². The minimum atomic E-state index is -0.293. The van der Waals surface area contributed by atoms with Gasteiger partial charge in [0.25, 0.3) is 0 Å². The average molecular weight is 923 g/mol. The summed E-state index contributed by atoms with van der Waals surface area (Å²) in [7, 11) is 2.17. The molecule has 0 radical (unpaired) electrons. The van der Waals surface area contributed by atoms with Gasteiger partial charge in [-0.15, -0.1) is 0 Å². The van der Waals surface area contributed by atoms with E-state index in [9.17, 15) is 0 Å². The third kappa shape index (κ3) is 5.68. The quantitative estimate of drug-likeness (QED) is 0.162. The maximum Gasteiger partial charge on any atom is 0.333 e. The number of hydrogen-bond donors (Lipinski definition) is 0. The first-order chi connectivity index (χ1) is 33.8. The molecular formula is C65H59BN4O. The van der Waals surface area contributed by atoms with Gasteiger partial charge in [0.2, 0.25) is 0 Å². The number of fused-ring (bicyclic) bond motifs is 17. The molecule has 348 valence electrons. The standard InChI is InChI=1S/C65H59BN4O/c1-62(2,3)37-22-26-40(27-23-37)70-50-35-54-43(42-30-39(64(7,8)9)25-29-53(42)71-54)32-45(50)56-55-41-20-16-17-21-46(41)65(10,11)58(55)57-44-31-38(63(4,5)6)24-28-49(44)69-51-34-52-48(33-47(51)66(70)59(56)60(57)69)67-61(68(52)12)36-18-14-13-15-19-36/h13-35H,1-12H3. The van der Waals surface area contributed by atoms with Gasteiger partial charge >= 0.3 is 6.85 Å². The van der Waals surface area contributed by atoms with Gasteiger partial charge in [0.05, 0.1) is 22.1 Å². The molecule has 3 aliphatic rings. The summed E-state index contributed by atoms with van der Waals surface area (Å²) in [6, 6.07) is 53.2. The highest BCUT2D eigenvalue weighted by molar-refractivity contribution is 6.94. The Hall–Kier alpha value is -7.31. The van der Waals surface area contributed by atoms with Crippen molar-refractivity contribution in [3.8, 4) is 39.3 Å². The van der Waals surface area contributed by atoms with Crippen LogP contribution in [0.2, 0.25) is 0 Å². The van der Waals surface area contributed by atoms with Crippen LogP contribution >= 0.6 is 0 Å². The Bertz CT molecular complexity index is 4140. The number of anilines is 2. The lowest BCUT2D eigenvalue weighted by Crippen LogP contribution is -2.60. The summed E-state index contributed by atoms with van der Waals surface area (Å²) in [5.74, 6) is 0.960. The SMILES string of the molecule is Cn1c(-c2ccccc2)nc2cc3c(cc21)-n1c2ccc(C(C)(C)C)cc2c2c4c(c5c(c21)B3N(c1ccc(C(C)(C)C)cc1)c1cc2oc3ccc(C(C)(C)C)cc3c2cc1-5)-c1ccccc1C4(C)C. The van der Waals surface area contributed by atoms with Crippen molar-refractivity contribution >= 4 is 83.9 Å². The number of imidazole rings is 1. The van der Waals surface area contributed by atoms with Gasteiger partial charge in [-0.3, -0.25) is 0 Å². The lowest BCUT2D eigenvalue weighted by molar-refractivity contribution is 0.590. The molecule has 6 heteroatoms. The van der Waals surface area contributed by atoms with Crippen LogP contribution in [0.25, 0.3) is 94.1 Å². The van der Waals surface area contributed by atoms with Crippen LogP contribution < -0.4 is 15.7 Å². The van der Waals surface area contributed by atoms with Crippen LogP contribution in [0.15, 0.2) is 144 Å². The number of rotatable bonds is 2. The van der Waals surface area contributed by atoms with Crippen molar-refractivity contribution in [3.05, 3.63) is 167 Å². The van der Waals surface area contributed by atoms with Crippen LogP contribution in [-0.2, 0) is 28.7 Å². The van der Waals surface area contributed by atoms with Crippen LogP contribution in [0.3, 0.4) is 0 Å². The smallest absolute Gasteiger partial charge is 0.333 e. The fourth-order valence-corrected chi connectivity index (χ4v) is 13.0. The molecule has 0 bridgehead atoms. The van der Waals surface area contributed by atoms with Gasteiger partial charge in [-0.05, 0) is 126 Å². The summed E-state index contributed by atoms with van der Waals surface area (Å²) in [6.45, 7) is 25.6. The monoisotopic (exact) mass is 922 g/mol.